The highest BCUT2D eigenvalue weighted by atomic mass is 16.5. The summed E-state index contributed by atoms with van der Waals surface area (Å²) < 4.78 is 11.0. The van der Waals surface area contributed by atoms with Gasteiger partial charge in [-0.1, -0.05) is 32.9 Å². The molecule has 0 aliphatic carbocycles. The Labute approximate surface area is 116 Å². The summed E-state index contributed by atoms with van der Waals surface area (Å²) in [6.07, 6.45) is 1.74. The average molecular weight is 269 g/mol. The third-order valence-electron chi connectivity index (χ3n) is 3.10. The first kappa shape index (κ1) is 16.1. The molecule has 0 aliphatic rings. The minimum atomic E-state index is -0.0817. The van der Waals surface area contributed by atoms with Gasteiger partial charge < -0.3 is 14.6 Å². The number of nitrogens with one attached hydrogen (secondary N) is 1. The quantitative estimate of drug-likeness (QED) is 0.747. The summed E-state index contributed by atoms with van der Waals surface area (Å²) in [7, 11) is 0. The van der Waals surface area contributed by atoms with Crippen molar-refractivity contribution in [3.8, 4) is 0 Å². The van der Waals surface area contributed by atoms with Crippen molar-refractivity contribution < 1.29 is 9.26 Å². The van der Waals surface area contributed by atoms with E-state index in [9.17, 15) is 0 Å². The Morgan fingerprint density at radius 2 is 2.00 bits per heavy atom. The molecule has 1 rings (SSSR count). The Morgan fingerprint density at radius 1 is 1.26 bits per heavy atom. The molecule has 0 saturated heterocycles. The van der Waals surface area contributed by atoms with Crippen molar-refractivity contribution in [1.82, 2.24) is 15.5 Å². The first-order valence-electron chi connectivity index (χ1n) is 7.29. The summed E-state index contributed by atoms with van der Waals surface area (Å²) in [5, 5.41) is 7.47. The molecule has 0 spiro atoms. The molecule has 0 saturated carbocycles. The minimum Gasteiger partial charge on any atom is -0.370 e. The maximum absolute atomic E-state index is 5.68. The van der Waals surface area contributed by atoms with Gasteiger partial charge in [0.2, 0.25) is 11.7 Å². The van der Waals surface area contributed by atoms with Gasteiger partial charge in [-0.25, -0.2) is 0 Å². The molecule has 5 nitrogen and oxygen atoms in total. The van der Waals surface area contributed by atoms with Crippen LogP contribution >= 0.6 is 0 Å². The number of rotatable bonds is 9. The van der Waals surface area contributed by atoms with Crippen LogP contribution in [0.25, 0.3) is 0 Å². The summed E-state index contributed by atoms with van der Waals surface area (Å²) in [6, 6.07) is 0.392. The molecule has 110 valence electrons. The van der Waals surface area contributed by atoms with E-state index in [1.807, 2.05) is 6.92 Å². The number of nitrogens with zero attached hydrogens (tertiary/aromatic N) is 2. The van der Waals surface area contributed by atoms with Gasteiger partial charge in [0.15, 0.2) is 0 Å². The third-order valence-corrected chi connectivity index (χ3v) is 3.10. The van der Waals surface area contributed by atoms with E-state index in [0.29, 0.717) is 30.3 Å². The van der Waals surface area contributed by atoms with Crippen molar-refractivity contribution in [1.29, 1.82) is 0 Å². The molecule has 1 N–H and O–H groups in total. The van der Waals surface area contributed by atoms with Gasteiger partial charge in [-0.2, -0.15) is 4.98 Å². The average Bonchev–Trinajstić information content (AvgIpc) is 2.83. The smallest absolute Gasteiger partial charge is 0.228 e. The van der Waals surface area contributed by atoms with E-state index < -0.39 is 0 Å². The molecule has 1 aromatic rings. The van der Waals surface area contributed by atoms with Crippen molar-refractivity contribution >= 4 is 0 Å². The molecule has 1 heterocycles. The zero-order chi connectivity index (χ0) is 14.3. The van der Waals surface area contributed by atoms with Crippen LogP contribution in [0.1, 0.15) is 58.9 Å². The van der Waals surface area contributed by atoms with Gasteiger partial charge in [-0.3, -0.25) is 0 Å². The maximum atomic E-state index is 5.68. The van der Waals surface area contributed by atoms with Crippen molar-refractivity contribution in [3.63, 3.8) is 0 Å². The van der Waals surface area contributed by atoms with Gasteiger partial charge in [0, 0.05) is 19.1 Å². The van der Waals surface area contributed by atoms with E-state index in [4.69, 9.17) is 9.26 Å². The Kier molecular flexibility index (Phi) is 7.02. The van der Waals surface area contributed by atoms with Crippen molar-refractivity contribution in [2.24, 2.45) is 5.92 Å². The van der Waals surface area contributed by atoms with Gasteiger partial charge in [0.1, 0.15) is 6.10 Å². The second-order valence-electron chi connectivity index (χ2n) is 5.03. The van der Waals surface area contributed by atoms with Crippen LogP contribution in [0.3, 0.4) is 0 Å². The van der Waals surface area contributed by atoms with Crippen LogP contribution in [0.5, 0.6) is 0 Å². The van der Waals surface area contributed by atoms with E-state index in [-0.39, 0.29) is 6.10 Å². The van der Waals surface area contributed by atoms with Gasteiger partial charge in [0.05, 0.1) is 0 Å². The molecule has 19 heavy (non-hydrogen) atoms. The van der Waals surface area contributed by atoms with Crippen LogP contribution in [0, 0.1) is 5.92 Å². The standard InChI is InChI=1S/C14H27N3O2/c1-6-11(15-7-2)9-12-16-14(17-19-12)13(10(4)5)18-8-3/h10-11,13,15H,6-9H2,1-5H3. The van der Waals surface area contributed by atoms with E-state index in [1.165, 1.54) is 0 Å². The van der Waals surface area contributed by atoms with Crippen LogP contribution in [-0.4, -0.2) is 29.3 Å². The molecule has 0 aromatic carbocycles. The lowest BCUT2D eigenvalue weighted by Gasteiger charge is -2.16. The summed E-state index contributed by atoms with van der Waals surface area (Å²) in [4.78, 5) is 4.48. The first-order valence-corrected chi connectivity index (χ1v) is 7.29. The fourth-order valence-electron chi connectivity index (χ4n) is 2.07. The van der Waals surface area contributed by atoms with Crippen LogP contribution in [0.4, 0.5) is 0 Å². The molecule has 0 amide bonds. The Morgan fingerprint density at radius 3 is 2.53 bits per heavy atom. The Bertz CT molecular complexity index is 352. The number of hydrogen-bond acceptors (Lipinski definition) is 5. The highest BCUT2D eigenvalue weighted by Crippen LogP contribution is 2.23. The lowest BCUT2D eigenvalue weighted by atomic mass is 10.1. The molecule has 2 atom stereocenters. The SMILES string of the molecule is CCNC(CC)Cc1nc(C(OCC)C(C)C)no1. The van der Waals surface area contributed by atoms with Crippen molar-refractivity contribution in [2.75, 3.05) is 13.2 Å². The minimum absolute atomic E-state index is 0.0817. The molecule has 0 radical (unpaired) electrons. The molecule has 2 unspecified atom stereocenters. The summed E-state index contributed by atoms with van der Waals surface area (Å²) in [5.74, 6) is 1.69. The van der Waals surface area contributed by atoms with E-state index in [1.54, 1.807) is 0 Å². The fourth-order valence-corrected chi connectivity index (χ4v) is 2.07. The molecule has 0 fully saturated rings. The lowest BCUT2D eigenvalue weighted by Crippen LogP contribution is -2.30. The molecular formula is C14H27N3O2. The number of likely N-dealkylation sites (N-methyl/N-ethyl adjacent to an activating group) is 1. The second-order valence-corrected chi connectivity index (χ2v) is 5.03. The largest absolute Gasteiger partial charge is 0.370 e. The first-order chi connectivity index (χ1) is 9.12. The topological polar surface area (TPSA) is 60.2 Å². The van der Waals surface area contributed by atoms with E-state index in [2.05, 4.69) is 43.2 Å². The van der Waals surface area contributed by atoms with Crippen molar-refractivity contribution in [3.05, 3.63) is 11.7 Å². The maximum Gasteiger partial charge on any atom is 0.228 e. The number of aromatic nitrogens is 2. The predicted molar refractivity (Wildman–Crippen MR) is 75.0 cm³/mol. The summed E-state index contributed by atoms with van der Waals surface area (Å²) in [5.41, 5.74) is 0. The van der Waals surface area contributed by atoms with Crippen LogP contribution < -0.4 is 5.32 Å². The van der Waals surface area contributed by atoms with Gasteiger partial charge in [0.25, 0.3) is 0 Å². The monoisotopic (exact) mass is 269 g/mol. The summed E-state index contributed by atoms with van der Waals surface area (Å²) in [6.45, 7) is 12.0. The predicted octanol–water partition coefficient (Wildman–Crippen LogP) is 2.73. The van der Waals surface area contributed by atoms with Crippen LogP contribution in [0.15, 0.2) is 4.52 Å². The second kappa shape index (κ2) is 8.27. The van der Waals surface area contributed by atoms with Crippen molar-refractivity contribution in [2.45, 2.75) is 59.6 Å². The number of hydrogen-bond donors (Lipinski definition) is 1. The molecular weight excluding hydrogens is 242 g/mol. The zero-order valence-corrected chi connectivity index (χ0v) is 12.8. The van der Waals surface area contributed by atoms with Gasteiger partial charge in [-0.05, 0) is 25.8 Å². The van der Waals surface area contributed by atoms with Crippen LogP contribution in [-0.2, 0) is 11.2 Å². The van der Waals surface area contributed by atoms with Crippen LogP contribution in [0.2, 0.25) is 0 Å². The normalized spacial score (nSPS) is 14.8. The highest BCUT2D eigenvalue weighted by molar-refractivity contribution is 4.94. The zero-order valence-electron chi connectivity index (χ0n) is 12.8. The molecule has 5 heteroatoms. The molecule has 0 bridgehead atoms. The van der Waals surface area contributed by atoms with E-state index >= 15 is 0 Å². The lowest BCUT2D eigenvalue weighted by molar-refractivity contribution is 0.0217. The third kappa shape index (κ3) is 4.91. The Hall–Kier alpha value is -0.940. The highest BCUT2D eigenvalue weighted by Gasteiger charge is 2.22. The van der Waals surface area contributed by atoms with Gasteiger partial charge in [-0.15, -0.1) is 0 Å². The van der Waals surface area contributed by atoms with E-state index in [0.717, 1.165) is 19.4 Å². The Balaban J connectivity index is 2.69. The molecule has 1 aromatic heterocycles. The fraction of sp³-hybridized carbons (Fsp3) is 0.857. The summed E-state index contributed by atoms with van der Waals surface area (Å²) >= 11 is 0. The van der Waals surface area contributed by atoms with Gasteiger partial charge >= 0.3 is 0 Å². The molecule has 0 aliphatic heterocycles. The number of ether oxygens (including phenoxy) is 1.